The topological polar surface area (TPSA) is 124 Å². The van der Waals surface area contributed by atoms with Gasteiger partial charge in [0.25, 0.3) is 0 Å². The van der Waals surface area contributed by atoms with Crippen LogP contribution < -0.4 is 79.9 Å². The van der Waals surface area contributed by atoms with E-state index in [2.05, 4.69) is 4.98 Å². The first-order valence-electron chi connectivity index (χ1n) is 11.2. The third kappa shape index (κ3) is 17.5. The molecule has 0 unspecified atom stereocenters. The molecule has 2 aromatic heterocycles. The zero-order chi connectivity index (χ0) is 28.4. The Bertz CT molecular complexity index is 957. The van der Waals surface area contributed by atoms with Crippen molar-refractivity contribution in [2.75, 3.05) is 21.3 Å². The van der Waals surface area contributed by atoms with Crippen molar-refractivity contribution >= 4 is 41.8 Å². The van der Waals surface area contributed by atoms with E-state index in [0.29, 0.717) is 29.4 Å². The number of ether oxygens (including phenoxy) is 1. The largest absolute Gasteiger partial charge is 1.00 e. The molecule has 0 saturated carbocycles. The minimum Gasteiger partial charge on any atom is -0.857 e. The van der Waals surface area contributed by atoms with Gasteiger partial charge in [0.1, 0.15) is 19.2 Å². The number of nitrogens with zero attached hydrogens (tertiary/aromatic N) is 2. The average molecular weight is 557 g/mol. The molecule has 200 valence electrons. The Morgan fingerprint density at radius 1 is 1.08 bits per heavy atom. The zero-order valence-corrected chi connectivity index (χ0v) is 29.7. The number of allylic oxidation sites excluding steroid dienone is 2. The Hall–Kier alpha value is -0.720. The third-order valence-corrected chi connectivity index (χ3v) is 4.55. The van der Waals surface area contributed by atoms with Crippen molar-refractivity contribution in [3.63, 3.8) is 0 Å². The second-order valence-electron chi connectivity index (χ2n) is 5.35. The van der Waals surface area contributed by atoms with Crippen molar-refractivity contribution in [3.8, 4) is 0 Å². The van der Waals surface area contributed by atoms with E-state index in [1.807, 2.05) is 77.2 Å². The summed E-state index contributed by atoms with van der Waals surface area (Å²) >= 11 is 1.20. The number of carbonyl (C=O) groups is 3. The summed E-state index contributed by atoms with van der Waals surface area (Å²) in [6.45, 7) is 15.9. The van der Waals surface area contributed by atoms with Gasteiger partial charge in [-0.25, -0.2) is 4.98 Å². The molecule has 0 N–H and O–H groups in total. The van der Waals surface area contributed by atoms with Crippen LogP contribution in [0.25, 0.3) is 12.2 Å². The predicted molar refractivity (Wildman–Crippen MR) is 142 cm³/mol. The van der Waals surface area contributed by atoms with Crippen molar-refractivity contribution in [3.05, 3.63) is 50.6 Å². The van der Waals surface area contributed by atoms with Crippen molar-refractivity contribution < 1.29 is 88.4 Å². The minimum absolute atomic E-state index is 0. The standard InChI is InChI=1S/C19H22N2O3S.2C2H6.2CH3O.CH2O.2Na/c1-5-8-9-16-13(6-2)14(10-21(16)12-24-4)18(23)19-20-15(11-25-19)17(22)7-3;5*1-2;;/h5-6,8-11H,7,12H2,1-4H3;2*1-2H3;2*1H3;1H2;;/q;;;2*-1;;2*+1/b8-5-,13-6-,16-9+;;;;;;;. The molecule has 0 aromatic carbocycles. The first kappa shape index (κ1) is 49.3. The number of methoxy groups -OCH3 is 1. The van der Waals surface area contributed by atoms with E-state index >= 15 is 0 Å². The second-order valence-corrected chi connectivity index (χ2v) is 6.21. The molecule has 37 heavy (non-hydrogen) atoms. The van der Waals surface area contributed by atoms with Crippen molar-refractivity contribution in [1.82, 2.24) is 9.55 Å². The van der Waals surface area contributed by atoms with Gasteiger partial charge in [0.2, 0.25) is 5.78 Å². The van der Waals surface area contributed by atoms with Crippen LogP contribution in [0.15, 0.2) is 23.7 Å². The van der Waals surface area contributed by atoms with Gasteiger partial charge in [-0.15, -0.1) is 11.3 Å². The van der Waals surface area contributed by atoms with Gasteiger partial charge in [-0.05, 0) is 19.9 Å². The van der Waals surface area contributed by atoms with Crippen LogP contribution in [0, 0.1) is 0 Å². The number of Topliss-reactive ketones (excluding diaryl/α,β-unsaturated/α-hetero) is 1. The maximum Gasteiger partial charge on any atom is 1.00 e. The quantitative estimate of drug-likeness (QED) is 0.255. The van der Waals surface area contributed by atoms with E-state index < -0.39 is 0 Å². The smallest absolute Gasteiger partial charge is 0.857 e. The summed E-state index contributed by atoms with van der Waals surface area (Å²) in [5.41, 5.74) is 0.912. The second kappa shape index (κ2) is 35.3. The fourth-order valence-electron chi connectivity index (χ4n) is 2.49. The molecule has 0 atom stereocenters. The molecule has 11 heteroatoms. The van der Waals surface area contributed by atoms with Gasteiger partial charge < -0.3 is 24.3 Å². The fraction of sp³-hybridized carbons (Fsp3) is 0.462. The monoisotopic (exact) mass is 556 g/mol. The van der Waals surface area contributed by atoms with Gasteiger partial charge in [0.05, 0.1) is 10.9 Å². The number of hydrogen-bond acceptors (Lipinski definition) is 8. The molecular formula is C26H42N2Na2O6S. The first-order chi connectivity index (χ1) is 17.1. The Labute approximate surface area is 271 Å². The number of hydrogen-bond donors (Lipinski definition) is 0. The Balaban J connectivity index is -0.000000179. The predicted octanol–water partition coefficient (Wildman–Crippen LogP) is -3.64. The average Bonchev–Trinajstić information content (AvgIpc) is 3.58. The SMILES string of the molecule is C=O.CC.CC.C[O-].C[O-].C\C=C/C=c1\c(=C/C)c(C(=O)c2nc(C(=O)CC)cs2)cn1COC.[Na+].[Na+]. The molecule has 0 fully saturated rings. The van der Waals surface area contributed by atoms with Crippen molar-refractivity contribution in [1.29, 1.82) is 0 Å². The van der Waals surface area contributed by atoms with E-state index in [1.165, 1.54) is 11.3 Å². The van der Waals surface area contributed by atoms with Gasteiger partial charge >= 0.3 is 59.1 Å². The van der Waals surface area contributed by atoms with E-state index in [0.717, 1.165) is 24.8 Å². The minimum atomic E-state index is -0.182. The number of aromatic nitrogens is 2. The normalized spacial score (nSPS) is 9.62. The van der Waals surface area contributed by atoms with Crippen LogP contribution >= 0.6 is 11.3 Å². The maximum atomic E-state index is 12.9. The Kier molecular flexibility index (Phi) is 47.0. The van der Waals surface area contributed by atoms with Gasteiger partial charge in [0, 0.05) is 30.3 Å². The summed E-state index contributed by atoms with van der Waals surface area (Å²) in [6, 6.07) is 0. The number of ketones is 2. The number of thiazole rings is 1. The van der Waals surface area contributed by atoms with Crippen LogP contribution in [0.3, 0.4) is 0 Å². The van der Waals surface area contributed by atoms with E-state index in [4.69, 9.17) is 19.7 Å². The molecule has 0 saturated heterocycles. The van der Waals surface area contributed by atoms with Crippen LogP contribution in [0.5, 0.6) is 0 Å². The van der Waals surface area contributed by atoms with Crippen LogP contribution in [0.1, 0.15) is 80.7 Å². The Morgan fingerprint density at radius 3 is 2.00 bits per heavy atom. The summed E-state index contributed by atoms with van der Waals surface area (Å²) in [6.07, 6.45) is 9.84. The molecule has 0 amide bonds. The molecule has 8 nitrogen and oxygen atoms in total. The van der Waals surface area contributed by atoms with Crippen molar-refractivity contribution in [2.24, 2.45) is 0 Å². The molecular weight excluding hydrogens is 514 g/mol. The summed E-state index contributed by atoms with van der Waals surface area (Å²) in [7, 11) is 3.11. The first-order valence-corrected chi connectivity index (χ1v) is 12.1. The van der Waals surface area contributed by atoms with Gasteiger partial charge in [-0.2, -0.15) is 14.2 Å². The molecule has 0 aliphatic carbocycles. The van der Waals surface area contributed by atoms with Gasteiger partial charge in [0.15, 0.2) is 10.8 Å². The zero-order valence-electron chi connectivity index (χ0n) is 24.8. The van der Waals surface area contributed by atoms with Crippen LogP contribution in [-0.2, 0) is 16.3 Å². The molecule has 0 bridgehead atoms. The molecule has 0 aliphatic heterocycles. The summed E-state index contributed by atoms with van der Waals surface area (Å²) in [5.74, 6) is -0.241. The number of carbonyl (C=O) groups excluding carboxylic acids is 3. The maximum absolute atomic E-state index is 12.9. The van der Waals surface area contributed by atoms with Crippen molar-refractivity contribution in [2.45, 2.75) is 61.6 Å². The van der Waals surface area contributed by atoms with Gasteiger partial charge in [-0.3, -0.25) is 9.59 Å². The van der Waals surface area contributed by atoms with Gasteiger partial charge in [-0.1, -0.05) is 52.8 Å². The molecule has 0 spiro atoms. The van der Waals surface area contributed by atoms with E-state index in [1.54, 1.807) is 25.6 Å². The van der Waals surface area contributed by atoms with E-state index in [-0.39, 0.29) is 70.7 Å². The van der Waals surface area contributed by atoms with Crippen LogP contribution in [-0.4, -0.2) is 49.2 Å². The molecule has 2 rings (SSSR count). The van der Waals surface area contributed by atoms with Crippen LogP contribution in [0.4, 0.5) is 0 Å². The number of rotatable bonds is 7. The molecule has 0 radical (unpaired) electrons. The van der Waals surface area contributed by atoms with E-state index in [9.17, 15) is 9.59 Å². The molecule has 2 aromatic rings. The summed E-state index contributed by atoms with van der Waals surface area (Å²) < 4.78 is 7.12. The third-order valence-electron chi connectivity index (χ3n) is 3.71. The Morgan fingerprint density at radius 2 is 1.59 bits per heavy atom. The van der Waals surface area contributed by atoms with Crippen LogP contribution in [0.2, 0.25) is 0 Å². The summed E-state index contributed by atoms with van der Waals surface area (Å²) in [5, 5.41) is 20.2. The molecule has 0 aliphatic rings. The molecule has 2 heterocycles. The summed E-state index contributed by atoms with van der Waals surface area (Å²) in [4.78, 5) is 36.9. The fourth-order valence-corrected chi connectivity index (χ4v) is 3.27.